The van der Waals surface area contributed by atoms with Crippen LogP contribution in [0, 0.1) is 0 Å². The molecule has 2 aromatic rings. The van der Waals surface area contributed by atoms with Crippen LogP contribution < -0.4 is 4.90 Å². The van der Waals surface area contributed by atoms with Crippen molar-refractivity contribution in [2.75, 3.05) is 18.1 Å². The summed E-state index contributed by atoms with van der Waals surface area (Å²) in [6.07, 6.45) is 3.40. The van der Waals surface area contributed by atoms with Crippen molar-refractivity contribution < 1.29 is 19.1 Å². The molecule has 3 atom stereocenters. The van der Waals surface area contributed by atoms with Gasteiger partial charge in [-0.15, -0.1) is 0 Å². The maximum atomic E-state index is 13.5. The molecule has 5 nitrogen and oxygen atoms in total. The fourth-order valence-corrected chi connectivity index (χ4v) is 5.13. The number of carbonyl (C=O) groups excluding carboxylic acids is 2. The average molecular weight is 391 g/mol. The van der Waals surface area contributed by atoms with E-state index in [1.165, 1.54) is 0 Å². The highest BCUT2D eigenvalue weighted by molar-refractivity contribution is 6.07. The van der Waals surface area contributed by atoms with Crippen molar-refractivity contribution in [1.82, 2.24) is 0 Å². The van der Waals surface area contributed by atoms with Gasteiger partial charge in [0.1, 0.15) is 5.41 Å². The molecule has 29 heavy (non-hydrogen) atoms. The third-order valence-electron chi connectivity index (χ3n) is 5.98. The number of rotatable bonds is 5. The van der Waals surface area contributed by atoms with Crippen molar-refractivity contribution >= 4 is 17.7 Å². The summed E-state index contributed by atoms with van der Waals surface area (Å²) in [4.78, 5) is 28.3. The Morgan fingerprint density at radius 3 is 2.31 bits per heavy atom. The van der Waals surface area contributed by atoms with Crippen molar-refractivity contribution in [1.29, 1.82) is 0 Å². The number of fused-ring (bicyclic) bond motifs is 3. The first-order valence-electron chi connectivity index (χ1n) is 10.0. The van der Waals surface area contributed by atoms with Gasteiger partial charge in [0, 0.05) is 5.92 Å². The van der Waals surface area contributed by atoms with Crippen LogP contribution in [-0.2, 0) is 19.7 Å². The first kappa shape index (κ1) is 19.2. The number of hydrogen-bond donors (Lipinski definition) is 0. The number of para-hydroxylation sites is 1. The summed E-state index contributed by atoms with van der Waals surface area (Å²) in [5.41, 5.74) is 0.661. The summed E-state index contributed by atoms with van der Waals surface area (Å²) in [5.74, 6) is -0.564. The second kappa shape index (κ2) is 7.07. The van der Waals surface area contributed by atoms with Crippen LogP contribution in [0.15, 0.2) is 66.7 Å². The Labute approximate surface area is 170 Å². The number of amides is 1. The highest BCUT2D eigenvalue weighted by Crippen LogP contribution is 2.77. The number of allylic oxidation sites excluding steroid dienone is 1. The Bertz CT molecular complexity index is 970. The van der Waals surface area contributed by atoms with Crippen LogP contribution in [0.5, 0.6) is 0 Å². The van der Waals surface area contributed by atoms with Crippen molar-refractivity contribution in [3.63, 3.8) is 0 Å². The summed E-state index contributed by atoms with van der Waals surface area (Å²) in [6.45, 7) is 6.01. The zero-order chi connectivity index (χ0) is 20.6. The van der Waals surface area contributed by atoms with E-state index in [9.17, 15) is 9.59 Å². The van der Waals surface area contributed by atoms with Gasteiger partial charge in [-0.1, -0.05) is 60.7 Å². The first-order valence-corrected chi connectivity index (χ1v) is 10.0. The van der Waals surface area contributed by atoms with Crippen molar-refractivity contribution in [2.45, 2.75) is 37.6 Å². The van der Waals surface area contributed by atoms with Crippen LogP contribution in [-0.4, -0.2) is 30.8 Å². The van der Waals surface area contributed by atoms with Crippen molar-refractivity contribution in [3.05, 3.63) is 77.9 Å². The molecule has 1 aliphatic carbocycles. The molecule has 1 amide bonds. The van der Waals surface area contributed by atoms with Gasteiger partial charge in [0.2, 0.25) is 0 Å². The average Bonchev–Trinajstić information content (AvgIpc) is 3.22. The Kier molecular flexibility index (Phi) is 4.69. The van der Waals surface area contributed by atoms with E-state index in [0.29, 0.717) is 0 Å². The molecule has 150 valence electrons. The minimum Gasteiger partial charge on any atom is -0.465 e. The van der Waals surface area contributed by atoms with Gasteiger partial charge in [0.15, 0.2) is 0 Å². The molecular formula is C24H25NO4. The molecule has 1 fully saturated rings. The van der Waals surface area contributed by atoms with Crippen molar-refractivity contribution in [3.8, 4) is 0 Å². The Morgan fingerprint density at radius 2 is 1.66 bits per heavy atom. The lowest BCUT2D eigenvalue weighted by atomic mass is 9.86. The largest absolute Gasteiger partial charge is 0.465 e. The lowest BCUT2D eigenvalue weighted by Gasteiger charge is -2.33. The van der Waals surface area contributed by atoms with Crippen LogP contribution in [0.3, 0.4) is 0 Å². The normalized spacial score (nSPS) is 26.7. The molecule has 0 unspecified atom stereocenters. The van der Waals surface area contributed by atoms with Crippen molar-refractivity contribution in [2.24, 2.45) is 0 Å². The fourth-order valence-electron chi connectivity index (χ4n) is 5.13. The topological polar surface area (TPSA) is 55.8 Å². The summed E-state index contributed by atoms with van der Waals surface area (Å²) in [7, 11) is 0. The number of nitrogens with zero attached hydrogens (tertiary/aromatic N) is 1. The molecule has 0 N–H and O–H groups in total. The number of carbonyl (C=O) groups is 2. The van der Waals surface area contributed by atoms with E-state index in [1.54, 1.807) is 18.7 Å². The van der Waals surface area contributed by atoms with Crippen LogP contribution in [0.25, 0.3) is 0 Å². The van der Waals surface area contributed by atoms with Crippen LogP contribution in [0.4, 0.5) is 10.5 Å². The van der Waals surface area contributed by atoms with E-state index >= 15 is 0 Å². The van der Waals surface area contributed by atoms with Gasteiger partial charge >= 0.3 is 12.1 Å². The SMILES string of the molecule is C/C=C/[C@]12[C@H](c3ccccc3N1C(=O)OCC)[C@]2(C(=O)OCC)c1ccccc1. The number of anilines is 1. The van der Waals surface area contributed by atoms with Crippen LogP contribution in [0.2, 0.25) is 0 Å². The third-order valence-corrected chi connectivity index (χ3v) is 5.98. The maximum absolute atomic E-state index is 13.5. The molecule has 1 saturated carbocycles. The van der Waals surface area contributed by atoms with Crippen LogP contribution >= 0.6 is 0 Å². The monoisotopic (exact) mass is 391 g/mol. The van der Waals surface area contributed by atoms with E-state index in [4.69, 9.17) is 9.47 Å². The summed E-state index contributed by atoms with van der Waals surface area (Å²) in [5, 5.41) is 0. The fraction of sp³-hybridized carbons (Fsp3) is 0.333. The second-order valence-corrected chi connectivity index (χ2v) is 7.25. The molecule has 0 spiro atoms. The highest BCUT2D eigenvalue weighted by atomic mass is 16.6. The number of benzene rings is 2. The van der Waals surface area contributed by atoms with E-state index in [1.807, 2.05) is 73.7 Å². The lowest BCUT2D eigenvalue weighted by molar-refractivity contribution is -0.146. The van der Waals surface area contributed by atoms with Gasteiger partial charge in [-0.05, 0) is 38.0 Å². The van der Waals surface area contributed by atoms with Gasteiger partial charge in [0.05, 0.1) is 24.4 Å². The molecule has 0 aromatic heterocycles. The summed E-state index contributed by atoms with van der Waals surface area (Å²) in [6, 6.07) is 17.3. The minimum atomic E-state index is -1.02. The molecule has 0 radical (unpaired) electrons. The Morgan fingerprint density at radius 1 is 1.00 bits per heavy atom. The predicted molar refractivity (Wildman–Crippen MR) is 111 cm³/mol. The first-order chi connectivity index (χ1) is 14.1. The quantitative estimate of drug-likeness (QED) is 0.553. The van der Waals surface area contributed by atoms with E-state index in [2.05, 4.69) is 0 Å². The molecule has 1 aliphatic heterocycles. The predicted octanol–water partition coefficient (Wildman–Crippen LogP) is 4.58. The smallest absolute Gasteiger partial charge is 0.415 e. The molecule has 1 heterocycles. The molecule has 2 aliphatic rings. The Balaban J connectivity index is 2.02. The molecule has 2 aromatic carbocycles. The van der Waals surface area contributed by atoms with Gasteiger partial charge in [-0.3, -0.25) is 9.69 Å². The third kappa shape index (κ3) is 2.33. The van der Waals surface area contributed by atoms with Gasteiger partial charge < -0.3 is 9.47 Å². The zero-order valence-corrected chi connectivity index (χ0v) is 16.9. The van der Waals surface area contributed by atoms with Gasteiger partial charge in [-0.25, -0.2) is 4.79 Å². The summed E-state index contributed by atoms with van der Waals surface area (Å²) < 4.78 is 11.0. The zero-order valence-electron chi connectivity index (χ0n) is 16.9. The van der Waals surface area contributed by atoms with Gasteiger partial charge in [0.25, 0.3) is 0 Å². The molecule has 4 rings (SSSR count). The molecule has 0 bridgehead atoms. The number of esters is 1. The molecular weight excluding hydrogens is 366 g/mol. The minimum absolute atomic E-state index is 0.242. The Hall–Kier alpha value is -3.08. The lowest BCUT2D eigenvalue weighted by Crippen LogP contribution is -2.48. The van der Waals surface area contributed by atoms with E-state index in [0.717, 1.165) is 16.8 Å². The highest BCUT2D eigenvalue weighted by Gasteiger charge is 2.88. The van der Waals surface area contributed by atoms with Crippen LogP contribution in [0.1, 0.15) is 37.8 Å². The maximum Gasteiger partial charge on any atom is 0.415 e. The molecule has 0 saturated heterocycles. The second-order valence-electron chi connectivity index (χ2n) is 7.25. The molecule has 5 heteroatoms. The summed E-state index contributed by atoms with van der Waals surface area (Å²) >= 11 is 0. The van der Waals surface area contributed by atoms with E-state index in [-0.39, 0.29) is 25.1 Å². The number of ether oxygens (including phenoxy) is 2. The van der Waals surface area contributed by atoms with Gasteiger partial charge in [-0.2, -0.15) is 0 Å². The standard InChI is InChI=1S/C24H25NO4/c1-4-16-23-20(18-14-10-11-15-19(18)25(23)22(27)29-6-3)24(23,21(26)28-5-2)17-12-8-7-9-13-17/h4,7-16,20H,5-6H2,1-3H3/b16-4+/t20-,23+,24-/m0/s1. The van der Waals surface area contributed by atoms with E-state index < -0.39 is 17.0 Å². The number of hydrogen-bond acceptors (Lipinski definition) is 4.